The fourth-order valence-corrected chi connectivity index (χ4v) is 80.1. The molecule has 36 heteroatoms. The molecule has 5 unspecified atom stereocenters. The Labute approximate surface area is 548 Å². The Balaban J connectivity index is -0.00000122. The first-order valence-corrected chi connectivity index (χ1v) is 76.3. The minimum atomic E-state index is -2.58. The first-order chi connectivity index (χ1) is 38.3. The quantitative estimate of drug-likeness (QED) is 0.0245. The van der Waals surface area contributed by atoms with Crippen molar-refractivity contribution in [3.8, 4) is 0 Å². The molecule has 0 spiro atoms. The number of ether oxygens (including phenoxy) is 3. The lowest BCUT2D eigenvalue weighted by Gasteiger charge is -2.43. The lowest BCUT2D eigenvalue weighted by Crippen LogP contribution is -2.59. The molecule has 0 bridgehead atoms. The van der Waals surface area contributed by atoms with Gasteiger partial charge in [-0.2, -0.15) is 0 Å². The van der Waals surface area contributed by atoms with E-state index in [1.807, 2.05) is 0 Å². The van der Waals surface area contributed by atoms with Crippen molar-refractivity contribution in [1.82, 2.24) is 0 Å². The zero-order valence-corrected chi connectivity index (χ0v) is 76.6. The molecule has 0 fully saturated rings. The van der Waals surface area contributed by atoms with E-state index in [9.17, 15) is 15.3 Å². The van der Waals surface area contributed by atoms with Gasteiger partial charge in [-0.3, -0.25) is 0 Å². The Bertz CT molecular complexity index is 1730. The molecule has 0 radical (unpaired) electrons. The van der Waals surface area contributed by atoms with Crippen LogP contribution in [0.2, 0.25) is 234 Å². The number of aliphatic hydroxyl groups excluding tert-OH is 6. The van der Waals surface area contributed by atoms with E-state index in [-0.39, 0.29) is 39.6 Å². The van der Waals surface area contributed by atoms with Crippen LogP contribution in [0.1, 0.15) is 19.3 Å². The fourth-order valence-electron chi connectivity index (χ4n) is 10.3. The molecule has 0 aromatic rings. The van der Waals surface area contributed by atoms with Gasteiger partial charge in [0, 0.05) is 19.8 Å². The smallest absolute Gasteiger partial charge is 0.317 e. The van der Waals surface area contributed by atoms with E-state index in [4.69, 9.17) is 78.9 Å². The molecule has 0 saturated carbocycles. The van der Waals surface area contributed by atoms with Gasteiger partial charge in [-0.05, 0) is 253 Å². The van der Waals surface area contributed by atoms with Crippen LogP contribution in [-0.4, -0.2) is 235 Å². The highest BCUT2D eigenvalue weighted by Gasteiger charge is 2.50. The van der Waals surface area contributed by atoms with E-state index in [1.165, 1.54) is 0 Å². The predicted molar refractivity (Wildman–Crippen MR) is 393 cm³/mol. The molecule has 0 saturated heterocycles. The molecular weight excluding hydrogens is 1370 g/mol. The average molecular weight is 1510 g/mol. The number of hydrogen-bond acceptors (Lipinski definition) is 21. The Morgan fingerprint density at radius 2 is 0.391 bits per heavy atom. The molecule has 0 aromatic carbocycles. The fraction of sp³-hybridized carbons (Fsp3) is 1.00. The van der Waals surface area contributed by atoms with Crippen molar-refractivity contribution >= 4 is 127 Å². The van der Waals surface area contributed by atoms with E-state index in [0.29, 0.717) is 19.8 Å². The Morgan fingerprint density at radius 3 is 0.563 bits per heavy atom. The molecule has 21 nitrogen and oxygen atoms in total. The van der Waals surface area contributed by atoms with Crippen LogP contribution >= 0.6 is 0 Å². The summed E-state index contributed by atoms with van der Waals surface area (Å²) in [4.78, 5) is 0. The number of rotatable bonds is 45. The van der Waals surface area contributed by atoms with Gasteiger partial charge in [-0.1, -0.05) is 0 Å². The van der Waals surface area contributed by atoms with E-state index in [0.717, 1.165) is 37.4 Å². The number of aliphatic hydroxyl groups is 6. The minimum absolute atomic E-state index is 0.133. The lowest BCUT2D eigenvalue weighted by molar-refractivity contribution is 0.00622. The Kier molecular flexibility index (Phi) is 42.1. The van der Waals surface area contributed by atoms with Crippen molar-refractivity contribution in [1.29, 1.82) is 0 Å². The summed E-state index contributed by atoms with van der Waals surface area (Å²) in [7, 11) is -32.2. The van der Waals surface area contributed by atoms with Crippen molar-refractivity contribution in [3.05, 3.63) is 0 Å². The summed E-state index contributed by atoms with van der Waals surface area (Å²) in [5.74, 6) is 0. The Hall–Kier alpha value is 2.41. The molecule has 0 aliphatic heterocycles. The zero-order chi connectivity index (χ0) is 69.4. The maximum atomic E-state index is 9.41. The van der Waals surface area contributed by atoms with Gasteiger partial charge in [0.2, 0.25) is 0 Å². The third-order valence-electron chi connectivity index (χ3n) is 10.4. The van der Waals surface area contributed by atoms with Gasteiger partial charge < -0.3 is 94.2 Å². The normalized spacial score (nSPS) is 16.7. The second-order valence-corrected chi connectivity index (χ2v) is 92.0. The van der Waals surface area contributed by atoms with Crippen molar-refractivity contribution in [3.63, 3.8) is 0 Å². The van der Waals surface area contributed by atoms with Crippen LogP contribution in [0.4, 0.5) is 0 Å². The van der Waals surface area contributed by atoms with Crippen molar-refractivity contribution in [2.75, 3.05) is 59.5 Å². The van der Waals surface area contributed by atoms with Gasteiger partial charge in [-0.15, -0.1) is 0 Å². The predicted octanol–water partition coefficient (Wildman–Crippen LogP) is 11.9. The highest BCUT2D eigenvalue weighted by Crippen LogP contribution is 2.33. The summed E-state index contributed by atoms with van der Waals surface area (Å²) in [5.41, 5.74) is 0. The van der Waals surface area contributed by atoms with E-state index < -0.39 is 145 Å². The maximum absolute atomic E-state index is 9.41. The second kappa shape index (κ2) is 39.1. The highest BCUT2D eigenvalue weighted by atomic mass is 28.5. The van der Waals surface area contributed by atoms with Gasteiger partial charge in [0.05, 0.1) is 39.6 Å². The van der Waals surface area contributed by atoms with Crippen LogP contribution in [0.15, 0.2) is 0 Å². The van der Waals surface area contributed by atoms with E-state index in [1.54, 1.807) is 0 Å². The van der Waals surface area contributed by atoms with Crippen LogP contribution in [0.25, 0.3) is 0 Å². The SMILES string of the molecule is C[Si](C)(C)O[Si](C)(C)O[Si](C)(C)O[Si](C)(CCCOCC(O)CO)O[Si](C)(C)C.C[Si](C)(C)O[Si](C)(C)O[Si](C)(C)O[Si](C)(CCCOCC(O)CO)O[Si](C)(C)C.C[Si](C)(C)O[Si](C)(C)O[Si](C)(CCCOCC(O)CO)O[Si](C)(C)O[Si](C)(C)C. The van der Waals surface area contributed by atoms with E-state index in [2.05, 4.69) is 216 Å². The van der Waals surface area contributed by atoms with Crippen LogP contribution in [0.3, 0.4) is 0 Å². The standard InChI is InChI=1S/3C17H46O7Si5/c2*1-25(2,3)21-27(7,8)23-28(9,10)24-29(11,22-26(4,5)6)14-12-13-20-16-17(19)15-18;1-25(2,3)21-27(7,8)23-29(11,14-12-13-20-16-17(19)15-18)24-28(9,10)22-26(4,5)6/h3*17-19H,12-16H2,1-11H3. The van der Waals surface area contributed by atoms with Gasteiger partial charge >= 0.3 is 77.0 Å². The third-order valence-corrected chi connectivity index (χ3v) is 62.8. The molecule has 0 aliphatic carbocycles. The molecule has 87 heavy (non-hydrogen) atoms. The summed E-state index contributed by atoms with van der Waals surface area (Å²) in [6.45, 7) is 71.8. The van der Waals surface area contributed by atoms with Crippen molar-refractivity contribution in [2.24, 2.45) is 0 Å². The summed E-state index contributed by atoms with van der Waals surface area (Å²) >= 11 is 0. The Morgan fingerprint density at radius 1 is 0.230 bits per heavy atom. The molecule has 0 aliphatic rings. The second-order valence-electron chi connectivity index (χ2n) is 31.7. The topological polar surface area (TPSA) is 260 Å². The van der Waals surface area contributed by atoms with Crippen LogP contribution in [0, 0.1) is 0 Å². The van der Waals surface area contributed by atoms with E-state index >= 15 is 0 Å². The van der Waals surface area contributed by atoms with Gasteiger partial charge in [0.15, 0.2) is 49.9 Å². The lowest BCUT2D eigenvalue weighted by atomic mass is 10.4. The zero-order valence-electron chi connectivity index (χ0n) is 61.6. The molecule has 6 N–H and O–H groups in total. The molecule has 0 aromatic heterocycles. The largest absolute Gasteiger partial charge is 0.437 e. The average Bonchev–Trinajstić information content (AvgIpc) is 3.38. The molecule has 528 valence electrons. The summed E-state index contributed by atoms with van der Waals surface area (Å²) in [6.07, 6.45) is -0.170. The third kappa shape index (κ3) is 57.2. The van der Waals surface area contributed by atoms with Crippen molar-refractivity contribution < 1.29 is 94.2 Å². The van der Waals surface area contributed by atoms with Crippen LogP contribution in [0.5, 0.6) is 0 Å². The summed E-state index contributed by atoms with van der Waals surface area (Å²) in [6, 6.07) is 2.35. The van der Waals surface area contributed by atoms with Crippen LogP contribution < -0.4 is 0 Å². The highest BCUT2D eigenvalue weighted by molar-refractivity contribution is 6.93. The van der Waals surface area contributed by atoms with Gasteiger partial charge in [0.25, 0.3) is 0 Å². The molecule has 5 atom stereocenters. The van der Waals surface area contributed by atoms with Crippen molar-refractivity contribution in [2.45, 2.75) is 272 Å². The summed E-state index contributed by atoms with van der Waals surface area (Å²) in [5, 5.41) is 54.8. The molecule has 0 heterocycles. The first-order valence-electron chi connectivity index (χ1n) is 31.4. The van der Waals surface area contributed by atoms with Gasteiger partial charge in [-0.25, -0.2) is 0 Å². The first kappa shape index (κ1) is 93.6. The molecular formula is C51H138O21Si15. The number of hydrogen-bond donors (Lipinski definition) is 6. The van der Waals surface area contributed by atoms with Crippen LogP contribution in [-0.2, 0) is 63.6 Å². The molecule has 0 rings (SSSR count). The summed E-state index contributed by atoms with van der Waals surface area (Å²) < 4.78 is 94.9. The monoisotopic (exact) mass is 1510 g/mol. The maximum Gasteiger partial charge on any atom is 0.317 e. The minimum Gasteiger partial charge on any atom is -0.437 e. The molecule has 0 amide bonds. The van der Waals surface area contributed by atoms with Gasteiger partial charge in [0.1, 0.15) is 18.3 Å².